The van der Waals surface area contributed by atoms with E-state index in [2.05, 4.69) is 10.1 Å². The summed E-state index contributed by atoms with van der Waals surface area (Å²) in [7, 11) is 0. The fourth-order valence-electron chi connectivity index (χ4n) is 1.67. The zero-order valence-electron chi connectivity index (χ0n) is 8.71. The van der Waals surface area contributed by atoms with Crippen molar-refractivity contribution >= 4 is 5.65 Å². The Morgan fingerprint density at radius 3 is 2.82 bits per heavy atom. The molecule has 3 rings (SSSR count). The van der Waals surface area contributed by atoms with Gasteiger partial charge in [0.25, 0.3) is 0 Å². The second kappa shape index (κ2) is 3.55. The van der Waals surface area contributed by atoms with Gasteiger partial charge in [-0.05, 0) is 12.1 Å². The molecule has 3 aromatic rings. The van der Waals surface area contributed by atoms with E-state index in [1.54, 1.807) is 30.5 Å². The van der Waals surface area contributed by atoms with Crippen LogP contribution in [0, 0.1) is 5.82 Å². The third-order valence-corrected chi connectivity index (χ3v) is 2.46. The lowest BCUT2D eigenvalue weighted by Gasteiger charge is -1.96. The molecule has 0 saturated carbocycles. The summed E-state index contributed by atoms with van der Waals surface area (Å²) in [6.07, 6.45) is 1.57. The highest BCUT2D eigenvalue weighted by Crippen LogP contribution is 2.22. The number of rotatable bonds is 1. The Bertz CT molecular complexity index is 693. The van der Waals surface area contributed by atoms with Gasteiger partial charge in [-0.25, -0.2) is 8.91 Å². The van der Waals surface area contributed by atoms with Crippen molar-refractivity contribution < 1.29 is 9.50 Å². The van der Waals surface area contributed by atoms with Crippen molar-refractivity contribution in [3.05, 3.63) is 48.4 Å². The van der Waals surface area contributed by atoms with Gasteiger partial charge < -0.3 is 5.11 Å². The molecule has 84 valence electrons. The Balaban J connectivity index is 2.22. The van der Waals surface area contributed by atoms with Gasteiger partial charge in [-0.3, -0.25) is 0 Å². The minimum Gasteiger partial charge on any atom is -0.493 e. The lowest BCUT2D eigenvalue weighted by Crippen LogP contribution is -1.89. The van der Waals surface area contributed by atoms with Gasteiger partial charge in [-0.15, -0.1) is 0 Å². The average molecular weight is 229 g/mol. The number of aromatic nitrogens is 3. The van der Waals surface area contributed by atoms with E-state index < -0.39 is 0 Å². The maximum Gasteiger partial charge on any atom is 0.214 e. The molecule has 1 N–H and O–H groups in total. The molecule has 5 heteroatoms. The van der Waals surface area contributed by atoms with Gasteiger partial charge in [-0.2, -0.15) is 10.1 Å². The van der Waals surface area contributed by atoms with E-state index in [0.29, 0.717) is 16.9 Å². The summed E-state index contributed by atoms with van der Waals surface area (Å²) >= 11 is 0. The van der Waals surface area contributed by atoms with Crippen LogP contribution in [0.15, 0.2) is 42.6 Å². The minimum atomic E-state index is -0.333. The van der Waals surface area contributed by atoms with Crippen molar-refractivity contribution in [3.63, 3.8) is 0 Å². The molecule has 0 fully saturated rings. The molecule has 4 nitrogen and oxygen atoms in total. The molecular formula is C12H8FN3O. The van der Waals surface area contributed by atoms with E-state index in [1.807, 2.05) is 0 Å². The van der Waals surface area contributed by atoms with Crippen molar-refractivity contribution in [2.75, 3.05) is 0 Å². The zero-order valence-corrected chi connectivity index (χ0v) is 8.71. The van der Waals surface area contributed by atoms with Gasteiger partial charge in [0.15, 0.2) is 5.65 Å². The van der Waals surface area contributed by atoms with E-state index in [0.717, 1.165) is 0 Å². The maximum atomic E-state index is 13.6. The molecule has 0 saturated heterocycles. The number of hydrogen-bond donors (Lipinski definition) is 1. The third-order valence-electron chi connectivity index (χ3n) is 2.46. The van der Waals surface area contributed by atoms with Crippen LogP contribution in [0.4, 0.5) is 4.39 Å². The molecular weight excluding hydrogens is 221 g/mol. The molecule has 1 aromatic carbocycles. The van der Waals surface area contributed by atoms with Gasteiger partial charge >= 0.3 is 0 Å². The minimum absolute atomic E-state index is 0.0857. The number of benzene rings is 1. The molecule has 0 aliphatic carbocycles. The van der Waals surface area contributed by atoms with E-state index in [9.17, 15) is 9.50 Å². The summed E-state index contributed by atoms with van der Waals surface area (Å²) < 4.78 is 15.1. The number of aromatic hydroxyl groups is 1. The van der Waals surface area contributed by atoms with Gasteiger partial charge in [0.05, 0.1) is 5.69 Å². The van der Waals surface area contributed by atoms with Gasteiger partial charge in [-0.1, -0.05) is 12.1 Å². The lowest BCUT2D eigenvalue weighted by molar-refractivity contribution is 0.453. The average Bonchev–Trinajstić information content (AvgIpc) is 2.72. The second-order valence-corrected chi connectivity index (χ2v) is 3.60. The van der Waals surface area contributed by atoms with Crippen LogP contribution in [-0.2, 0) is 0 Å². The Kier molecular flexibility index (Phi) is 2.04. The molecule has 0 bridgehead atoms. The molecule has 0 radical (unpaired) electrons. The van der Waals surface area contributed by atoms with Crippen LogP contribution >= 0.6 is 0 Å². The summed E-state index contributed by atoms with van der Waals surface area (Å²) in [4.78, 5) is 3.89. The number of halogens is 1. The Morgan fingerprint density at radius 1 is 1.18 bits per heavy atom. The number of nitrogens with zero attached hydrogens (tertiary/aromatic N) is 3. The summed E-state index contributed by atoms with van der Waals surface area (Å²) in [5.74, 6) is -0.419. The quantitative estimate of drug-likeness (QED) is 0.696. The Labute approximate surface area is 96.0 Å². The van der Waals surface area contributed by atoms with Crippen LogP contribution in [0.2, 0.25) is 0 Å². The SMILES string of the molecule is Oc1ccn2nc(-c3ccccc3F)cc2n1. The van der Waals surface area contributed by atoms with Crippen molar-refractivity contribution in [2.45, 2.75) is 0 Å². The molecule has 0 atom stereocenters. The van der Waals surface area contributed by atoms with Crippen LogP contribution in [-0.4, -0.2) is 19.7 Å². The second-order valence-electron chi connectivity index (χ2n) is 3.60. The highest BCUT2D eigenvalue weighted by molar-refractivity contribution is 5.64. The Morgan fingerprint density at radius 2 is 2.00 bits per heavy atom. The molecule has 0 spiro atoms. The number of fused-ring (bicyclic) bond motifs is 1. The largest absolute Gasteiger partial charge is 0.493 e. The molecule has 0 amide bonds. The van der Waals surface area contributed by atoms with E-state index in [1.165, 1.54) is 16.6 Å². The summed E-state index contributed by atoms with van der Waals surface area (Å²) in [5.41, 5.74) is 1.38. The first kappa shape index (κ1) is 9.77. The first-order chi connectivity index (χ1) is 8.24. The highest BCUT2D eigenvalue weighted by atomic mass is 19.1. The molecule has 2 heterocycles. The van der Waals surface area contributed by atoms with Gasteiger partial charge in [0, 0.05) is 23.9 Å². The first-order valence-corrected chi connectivity index (χ1v) is 5.04. The van der Waals surface area contributed by atoms with E-state index in [4.69, 9.17) is 0 Å². The van der Waals surface area contributed by atoms with Crippen LogP contribution in [0.1, 0.15) is 0 Å². The van der Waals surface area contributed by atoms with E-state index >= 15 is 0 Å². The highest BCUT2D eigenvalue weighted by Gasteiger charge is 2.09. The Hall–Kier alpha value is -2.43. The predicted molar refractivity (Wildman–Crippen MR) is 60.0 cm³/mol. The molecule has 0 aliphatic heterocycles. The molecule has 0 unspecified atom stereocenters. The van der Waals surface area contributed by atoms with Crippen LogP contribution in [0.3, 0.4) is 0 Å². The van der Waals surface area contributed by atoms with Crippen molar-refractivity contribution in [1.29, 1.82) is 0 Å². The summed E-state index contributed by atoms with van der Waals surface area (Å²) in [5, 5.41) is 13.4. The standard InChI is InChI=1S/C12H8FN3O/c13-9-4-2-1-3-8(9)10-7-11-14-12(17)5-6-16(11)15-10/h1-7H,(H,14,17). The van der Waals surface area contributed by atoms with Crippen molar-refractivity contribution in [3.8, 4) is 17.1 Å². The monoisotopic (exact) mass is 229 g/mol. The van der Waals surface area contributed by atoms with Gasteiger partial charge in [0.2, 0.25) is 5.88 Å². The number of hydrogen-bond acceptors (Lipinski definition) is 3. The fraction of sp³-hybridized carbons (Fsp3) is 0. The smallest absolute Gasteiger partial charge is 0.214 e. The van der Waals surface area contributed by atoms with Crippen LogP contribution in [0.5, 0.6) is 5.88 Å². The molecule has 17 heavy (non-hydrogen) atoms. The van der Waals surface area contributed by atoms with Crippen LogP contribution in [0.25, 0.3) is 16.9 Å². The fourth-order valence-corrected chi connectivity index (χ4v) is 1.67. The van der Waals surface area contributed by atoms with E-state index in [-0.39, 0.29) is 11.7 Å². The molecule has 2 aromatic heterocycles. The normalized spacial score (nSPS) is 10.9. The summed E-state index contributed by atoms with van der Waals surface area (Å²) in [6.45, 7) is 0. The summed E-state index contributed by atoms with van der Waals surface area (Å²) in [6, 6.07) is 9.44. The third kappa shape index (κ3) is 1.61. The van der Waals surface area contributed by atoms with Crippen LogP contribution < -0.4 is 0 Å². The van der Waals surface area contributed by atoms with Crippen molar-refractivity contribution in [1.82, 2.24) is 14.6 Å². The van der Waals surface area contributed by atoms with Gasteiger partial charge in [0.1, 0.15) is 5.82 Å². The first-order valence-electron chi connectivity index (χ1n) is 5.04. The zero-order chi connectivity index (χ0) is 11.8. The maximum absolute atomic E-state index is 13.6. The van der Waals surface area contributed by atoms with Crippen molar-refractivity contribution in [2.24, 2.45) is 0 Å². The topological polar surface area (TPSA) is 50.4 Å². The lowest BCUT2D eigenvalue weighted by atomic mass is 10.1. The molecule has 0 aliphatic rings. The predicted octanol–water partition coefficient (Wildman–Crippen LogP) is 2.24.